The van der Waals surface area contributed by atoms with Crippen LogP contribution in [0.5, 0.6) is 0 Å². The van der Waals surface area contributed by atoms with Gasteiger partial charge in [0.05, 0.1) is 22.0 Å². The van der Waals surface area contributed by atoms with Crippen molar-refractivity contribution in [3.05, 3.63) is 65.0 Å². The van der Waals surface area contributed by atoms with Crippen LogP contribution >= 0.6 is 11.6 Å². The number of aromatic nitrogens is 2. The zero-order valence-corrected chi connectivity index (χ0v) is 18.2. The zero-order valence-electron chi connectivity index (χ0n) is 16.6. The van der Waals surface area contributed by atoms with Gasteiger partial charge in [0.15, 0.2) is 0 Å². The molecule has 2 aromatic carbocycles. The predicted octanol–water partition coefficient (Wildman–Crippen LogP) is 4.74. The number of carbonyl (C=O) groups excluding carboxylic acids is 1. The quantitative estimate of drug-likeness (QED) is 0.478. The third kappa shape index (κ3) is 4.94. The van der Waals surface area contributed by atoms with E-state index in [4.69, 9.17) is 16.0 Å². The number of hydrogen-bond acceptors (Lipinski definition) is 6. The molecule has 0 fully saturated rings. The fourth-order valence-electron chi connectivity index (χ4n) is 2.84. The summed E-state index contributed by atoms with van der Waals surface area (Å²) in [6.45, 7) is 2.08. The Morgan fingerprint density at radius 2 is 1.75 bits per heavy atom. The van der Waals surface area contributed by atoms with Crippen LogP contribution in [0.25, 0.3) is 11.5 Å². The minimum atomic E-state index is -5.49. The smallest absolute Gasteiger partial charge is 0.419 e. The maximum absolute atomic E-state index is 12.9. The van der Waals surface area contributed by atoms with E-state index in [1.165, 1.54) is 4.90 Å². The number of rotatable bonds is 7. The van der Waals surface area contributed by atoms with Gasteiger partial charge in [-0.05, 0) is 42.8 Å². The first-order chi connectivity index (χ1) is 15.0. The second kappa shape index (κ2) is 9.29. The highest BCUT2D eigenvalue weighted by Gasteiger charge is 2.46. The second-order valence-electron chi connectivity index (χ2n) is 6.68. The van der Waals surface area contributed by atoms with Crippen LogP contribution < -0.4 is 0 Å². The van der Waals surface area contributed by atoms with E-state index < -0.39 is 26.1 Å². The first-order valence-corrected chi connectivity index (χ1v) is 11.2. The Morgan fingerprint density at radius 1 is 1.09 bits per heavy atom. The summed E-state index contributed by atoms with van der Waals surface area (Å²) in [7, 11) is -5.49. The number of sulfone groups is 1. The molecule has 0 aliphatic carbocycles. The monoisotopic (exact) mass is 487 g/mol. The average molecular weight is 488 g/mol. The predicted molar refractivity (Wildman–Crippen MR) is 109 cm³/mol. The summed E-state index contributed by atoms with van der Waals surface area (Å²) in [5.74, 6) is -0.213. The Labute approximate surface area is 186 Å². The van der Waals surface area contributed by atoms with E-state index in [0.29, 0.717) is 23.6 Å². The molecule has 0 aliphatic heterocycles. The van der Waals surface area contributed by atoms with Crippen molar-refractivity contribution in [3.8, 4) is 11.5 Å². The SMILES string of the molecule is CCCN(Cc1nnc(-c2ccccc2Cl)o1)C(=O)c1ccc(S(=O)(=O)C(F)(F)F)cc1. The Hall–Kier alpha value is -2.92. The van der Waals surface area contributed by atoms with Gasteiger partial charge in [0.2, 0.25) is 11.8 Å². The summed E-state index contributed by atoms with van der Waals surface area (Å²) in [5.41, 5.74) is -4.88. The van der Waals surface area contributed by atoms with Gasteiger partial charge in [0.1, 0.15) is 0 Å². The number of halogens is 4. The van der Waals surface area contributed by atoms with Gasteiger partial charge in [-0.1, -0.05) is 30.7 Å². The molecule has 170 valence electrons. The van der Waals surface area contributed by atoms with Crippen LogP contribution in [0.2, 0.25) is 5.02 Å². The number of carbonyl (C=O) groups is 1. The van der Waals surface area contributed by atoms with Crippen molar-refractivity contribution >= 4 is 27.3 Å². The van der Waals surface area contributed by atoms with Crippen LogP contribution in [0.4, 0.5) is 13.2 Å². The standard InChI is InChI=1S/C20H17ClF3N3O4S/c1-2-11-27(12-17-25-26-18(31-17)15-5-3-4-6-16(15)21)19(28)13-7-9-14(10-8-13)32(29,30)20(22,23)24/h3-10H,2,11-12H2,1H3. The lowest BCUT2D eigenvalue weighted by molar-refractivity contribution is -0.0436. The highest BCUT2D eigenvalue weighted by Crippen LogP contribution is 2.30. The molecule has 1 aromatic heterocycles. The molecule has 32 heavy (non-hydrogen) atoms. The Kier molecular flexibility index (Phi) is 6.89. The van der Waals surface area contributed by atoms with Crippen LogP contribution in [0.15, 0.2) is 57.8 Å². The fraction of sp³-hybridized carbons (Fsp3) is 0.250. The average Bonchev–Trinajstić information content (AvgIpc) is 3.21. The molecule has 1 heterocycles. The maximum Gasteiger partial charge on any atom is 0.501 e. The van der Waals surface area contributed by atoms with Crippen molar-refractivity contribution in [1.82, 2.24) is 15.1 Å². The van der Waals surface area contributed by atoms with Gasteiger partial charge in [-0.15, -0.1) is 10.2 Å². The van der Waals surface area contributed by atoms with E-state index in [0.717, 1.165) is 24.3 Å². The molecule has 0 spiro atoms. The van der Waals surface area contributed by atoms with Crippen molar-refractivity contribution in [2.75, 3.05) is 6.54 Å². The van der Waals surface area contributed by atoms with Crippen molar-refractivity contribution < 1.29 is 30.8 Å². The lowest BCUT2D eigenvalue weighted by atomic mass is 10.2. The summed E-state index contributed by atoms with van der Waals surface area (Å²) in [6.07, 6.45) is 0.581. The van der Waals surface area contributed by atoms with Gasteiger partial charge in [-0.2, -0.15) is 13.2 Å². The van der Waals surface area contributed by atoms with E-state index in [9.17, 15) is 26.4 Å². The Balaban J connectivity index is 1.81. The zero-order chi connectivity index (χ0) is 23.5. The molecule has 0 atom stereocenters. The molecular formula is C20H17ClF3N3O4S. The lowest BCUT2D eigenvalue weighted by Crippen LogP contribution is -2.31. The highest BCUT2D eigenvalue weighted by atomic mass is 35.5. The topological polar surface area (TPSA) is 93.4 Å². The molecule has 1 amide bonds. The van der Waals surface area contributed by atoms with Crippen LogP contribution in [0.1, 0.15) is 29.6 Å². The van der Waals surface area contributed by atoms with Crippen molar-refractivity contribution in [2.24, 2.45) is 0 Å². The summed E-state index contributed by atoms with van der Waals surface area (Å²) in [6, 6.07) is 10.4. The molecule has 0 N–H and O–H groups in total. The van der Waals surface area contributed by atoms with Gasteiger partial charge in [-0.3, -0.25) is 4.79 Å². The third-order valence-corrected chi connectivity index (χ3v) is 6.23. The van der Waals surface area contributed by atoms with Gasteiger partial charge >= 0.3 is 5.51 Å². The minimum Gasteiger partial charge on any atom is -0.419 e. The first kappa shape index (κ1) is 23.7. The number of benzene rings is 2. The molecule has 3 rings (SSSR count). The summed E-state index contributed by atoms with van der Waals surface area (Å²) >= 11 is 6.12. The van der Waals surface area contributed by atoms with Crippen molar-refractivity contribution in [1.29, 1.82) is 0 Å². The summed E-state index contributed by atoms with van der Waals surface area (Å²) in [5, 5.41) is 8.29. The molecular weight excluding hydrogens is 471 g/mol. The minimum absolute atomic E-state index is 0.0189. The second-order valence-corrected chi connectivity index (χ2v) is 9.03. The van der Waals surface area contributed by atoms with Crippen LogP contribution in [-0.2, 0) is 16.4 Å². The number of hydrogen-bond donors (Lipinski definition) is 0. The number of amides is 1. The third-order valence-electron chi connectivity index (χ3n) is 4.39. The van der Waals surface area contributed by atoms with Crippen molar-refractivity contribution in [3.63, 3.8) is 0 Å². The largest absolute Gasteiger partial charge is 0.501 e. The van der Waals surface area contributed by atoms with Crippen LogP contribution in [0, 0.1) is 0 Å². The van der Waals surface area contributed by atoms with Gasteiger partial charge in [0.25, 0.3) is 15.7 Å². The lowest BCUT2D eigenvalue weighted by Gasteiger charge is -2.20. The first-order valence-electron chi connectivity index (χ1n) is 9.32. The van der Waals surface area contributed by atoms with E-state index in [-0.39, 0.29) is 23.9 Å². The van der Waals surface area contributed by atoms with Gasteiger partial charge in [-0.25, -0.2) is 8.42 Å². The highest BCUT2D eigenvalue weighted by molar-refractivity contribution is 7.92. The van der Waals surface area contributed by atoms with E-state index in [1.54, 1.807) is 24.3 Å². The molecule has 0 aliphatic rings. The Bertz CT molecular complexity index is 1210. The van der Waals surface area contributed by atoms with E-state index in [1.807, 2.05) is 6.92 Å². The van der Waals surface area contributed by atoms with Crippen LogP contribution in [-0.4, -0.2) is 41.5 Å². The molecule has 0 radical (unpaired) electrons. The molecule has 0 saturated carbocycles. The molecule has 12 heteroatoms. The van der Waals surface area contributed by atoms with Gasteiger partial charge < -0.3 is 9.32 Å². The molecule has 3 aromatic rings. The van der Waals surface area contributed by atoms with Crippen LogP contribution in [0.3, 0.4) is 0 Å². The normalized spacial score (nSPS) is 12.0. The molecule has 0 saturated heterocycles. The summed E-state index contributed by atoms with van der Waals surface area (Å²) < 4.78 is 66.7. The maximum atomic E-state index is 12.9. The van der Waals surface area contributed by atoms with Crippen molar-refractivity contribution in [2.45, 2.75) is 30.3 Å². The fourth-order valence-corrected chi connectivity index (χ4v) is 3.82. The molecule has 7 nitrogen and oxygen atoms in total. The summed E-state index contributed by atoms with van der Waals surface area (Å²) in [4.78, 5) is 13.3. The van der Waals surface area contributed by atoms with Gasteiger partial charge in [0, 0.05) is 12.1 Å². The van der Waals surface area contributed by atoms with E-state index in [2.05, 4.69) is 10.2 Å². The molecule has 0 bridgehead atoms. The number of alkyl halides is 3. The number of nitrogens with zero attached hydrogens (tertiary/aromatic N) is 3. The van der Waals surface area contributed by atoms with E-state index >= 15 is 0 Å². The molecule has 0 unspecified atom stereocenters. The Morgan fingerprint density at radius 3 is 2.34 bits per heavy atom.